The van der Waals surface area contributed by atoms with Crippen molar-refractivity contribution >= 4 is 64.7 Å². The summed E-state index contributed by atoms with van der Waals surface area (Å²) in [6.45, 7) is 20.2. The van der Waals surface area contributed by atoms with Gasteiger partial charge in [0.1, 0.15) is 52.5 Å². The third-order valence-corrected chi connectivity index (χ3v) is 17.9. The molecular formula is C68H87F3N10O12. The first kappa shape index (κ1) is 69.2. The van der Waals surface area contributed by atoms with Crippen molar-refractivity contribution in [3.8, 4) is 0 Å². The van der Waals surface area contributed by atoms with Crippen molar-refractivity contribution in [2.24, 2.45) is 5.92 Å². The van der Waals surface area contributed by atoms with Gasteiger partial charge in [-0.1, -0.05) is 36.4 Å². The van der Waals surface area contributed by atoms with Crippen molar-refractivity contribution in [1.29, 1.82) is 0 Å². The number of benzene rings is 4. The molecule has 0 aromatic heterocycles. The number of anilines is 3. The lowest BCUT2D eigenvalue weighted by atomic mass is 9.83. The summed E-state index contributed by atoms with van der Waals surface area (Å²) in [5.74, 6) is -7.02. The number of amides is 8. The van der Waals surface area contributed by atoms with Crippen LogP contribution in [0.25, 0.3) is 0 Å². The van der Waals surface area contributed by atoms with Crippen LogP contribution in [0.5, 0.6) is 0 Å². The molecule has 4 aromatic carbocycles. The van der Waals surface area contributed by atoms with Crippen LogP contribution in [0.1, 0.15) is 116 Å². The van der Waals surface area contributed by atoms with Crippen molar-refractivity contribution in [3.63, 3.8) is 0 Å². The number of fused-ring (bicyclic) bond motifs is 2. The molecule has 1 unspecified atom stereocenters. The Morgan fingerprint density at radius 1 is 0.774 bits per heavy atom. The topological polar surface area (TPSA) is 241 Å². The highest BCUT2D eigenvalue weighted by atomic mass is 19.1. The molecule has 5 aliphatic heterocycles. The summed E-state index contributed by atoms with van der Waals surface area (Å²) in [7, 11) is 1.39. The molecule has 0 bridgehead atoms. The lowest BCUT2D eigenvalue weighted by Gasteiger charge is -2.47. The zero-order chi connectivity index (χ0) is 67.4. The van der Waals surface area contributed by atoms with Crippen LogP contribution >= 0.6 is 0 Å². The van der Waals surface area contributed by atoms with Gasteiger partial charge in [-0.25, -0.2) is 22.8 Å². The Morgan fingerprint density at radius 2 is 1.45 bits per heavy atom. The fourth-order valence-corrected chi connectivity index (χ4v) is 12.7. The molecule has 22 nitrogen and oxygen atoms in total. The average molecular weight is 1290 g/mol. The predicted molar refractivity (Wildman–Crippen MR) is 340 cm³/mol. The van der Waals surface area contributed by atoms with Crippen molar-refractivity contribution in [3.05, 3.63) is 124 Å². The molecule has 0 aliphatic carbocycles. The largest absolute Gasteiger partial charge is 0.444 e. The second kappa shape index (κ2) is 28.6. The molecule has 4 aromatic rings. The van der Waals surface area contributed by atoms with Crippen LogP contribution in [0, 0.1) is 23.4 Å². The number of morpholine rings is 1. The van der Waals surface area contributed by atoms with Crippen LogP contribution in [0.15, 0.2) is 78.9 Å². The van der Waals surface area contributed by atoms with Crippen molar-refractivity contribution in [2.45, 2.75) is 148 Å². The maximum atomic E-state index is 15.2. The maximum Gasteiger partial charge on any atom is 0.410 e. The number of rotatable bonds is 17. The van der Waals surface area contributed by atoms with Gasteiger partial charge < -0.3 is 54.9 Å². The Morgan fingerprint density at radius 3 is 2.12 bits per heavy atom. The highest BCUT2D eigenvalue weighted by molar-refractivity contribution is 6.05. The van der Waals surface area contributed by atoms with E-state index >= 15 is 18.4 Å². The molecule has 5 aliphatic rings. The van der Waals surface area contributed by atoms with Crippen LogP contribution < -0.4 is 26.2 Å². The van der Waals surface area contributed by atoms with E-state index in [4.69, 9.17) is 18.9 Å². The summed E-state index contributed by atoms with van der Waals surface area (Å²) in [6, 6.07) is 14.7. The number of hydrogen-bond donors (Lipinski definition) is 4. The Labute approximate surface area is 541 Å². The zero-order valence-electron chi connectivity index (χ0n) is 54.9. The van der Waals surface area contributed by atoms with Gasteiger partial charge in [0, 0.05) is 89.0 Å². The van der Waals surface area contributed by atoms with E-state index in [2.05, 4.69) is 38.0 Å². The van der Waals surface area contributed by atoms with E-state index in [1.807, 2.05) is 39.8 Å². The lowest BCUT2D eigenvalue weighted by Crippen LogP contribution is -2.64. The summed E-state index contributed by atoms with van der Waals surface area (Å²) < 4.78 is 67.2. The Bertz CT molecular complexity index is 3450. The molecule has 3 fully saturated rings. The number of hydrogen-bond acceptors (Lipinski definition) is 14. The lowest BCUT2D eigenvalue weighted by molar-refractivity contribution is -0.144. The van der Waals surface area contributed by atoms with E-state index in [1.165, 1.54) is 43.1 Å². The SMILES string of the molecule is C[C@@H]1COCCN1C[C@H]1CN(C(=O)OC(C)(C)C)[C@H](C)CN1CC(=O)N1C[C@@](C)(C(=O)NCC(=O)Nc2ccc3c(c2)[C@@H](C(=O)Nc2c(F)cccc2F)N(C(=O)C(NC(=O)[C@H](C)N(C)C(=O)OC(C)(C)C)C2CCOCC2)C3)c2ccc(Cc3ccc(F)cc3)cc21. The standard InChI is InChI=1S/C68H87F3N10O12/c1-40-33-78(49(35-77-25-28-91-38-41(77)2)36-79(40)65(89)93-67(7,8)9)37-56(83)81-39-68(10,51-22-17-44(30-54(51)81)29-43-15-19-47(69)20-16-43)63(87)72-32-55(82)73-48-21-18-46-34-80(59(50(46)31-48)61(85)75-58-52(70)13-12-14-53(58)71)62(86)57(45-23-26-90-27-24-45)74-60(84)42(3)76(11)64(88)92-66(4,5)6/h12-22,30-31,40-42,45,49,57,59H,23-29,32-39H2,1-11H3,(H,72,87)(H,73,82)(H,74,84)(H,75,85)/t40-,41-,42+,49+,57?,59+,68-/m1/s1. The smallest absolute Gasteiger partial charge is 0.410 e. The third-order valence-electron chi connectivity index (χ3n) is 17.9. The van der Waals surface area contributed by atoms with E-state index in [1.54, 1.807) is 61.8 Å². The van der Waals surface area contributed by atoms with E-state index in [0.717, 1.165) is 34.2 Å². The number of piperazine rings is 1. The minimum absolute atomic E-state index is 0.0611. The number of halogens is 3. The molecule has 25 heteroatoms. The number of ether oxygens (including phenoxy) is 4. The molecule has 93 heavy (non-hydrogen) atoms. The van der Waals surface area contributed by atoms with E-state index in [9.17, 15) is 33.2 Å². The van der Waals surface area contributed by atoms with E-state index in [0.29, 0.717) is 75.5 Å². The molecule has 0 spiro atoms. The molecule has 9 rings (SSSR count). The first-order valence-corrected chi connectivity index (χ1v) is 31.7. The molecule has 7 atom stereocenters. The van der Waals surface area contributed by atoms with Crippen molar-refractivity contribution in [2.75, 3.05) is 94.8 Å². The van der Waals surface area contributed by atoms with Gasteiger partial charge in [-0.05, 0) is 165 Å². The predicted octanol–water partition coefficient (Wildman–Crippen LogP) is 7.27. The molecule has 0 saturated carbocycles. The van der Waals surface area contributed by atoms with Crippen LogP contribution in [0.3, 0.4) is 0 Å². The Kier molecular flexibility index (Phi) is 21.3. The Balaban J connectivity index is 0.947. The van der Waals surface area contributed by atoms with Gasteiger partial charge in [0.05, 0.1) is 31.7 Å². The maximum absolute atomic E-state index is 15.2. The van der Waals surface area contributed by atoms with Gasteiger partial charge in [0.2, 0.25) is 29.5 Å². The number of carbonyl (C=O) groups excluding carboxylic acids is 8. The minimum Gasteiger partial charge on any atom is -0.444 e. The monoisotopic (exact) mass is 1290 g/mol. The number of nitrogens with one attached hydrogen (secondary N) is 4. The van der Waals surface area contributed by atoms with Gasteiger partial charge >= 0.3 is 12.2 Å². The fourth-order valence-electron chi connectivity index (χ4n) is 12.7. The number of likely N-dealkylation sites (N-methyl/N-ethyl adjacent to an activating group) is 1. The zero-order valence-corrected chi connectivity index (χ0v) is 54.9. The first-order valence-electron chi connectivity index (χ1n) is 31.7. The van der Waals surface area contributed by atoms with Crippen molar-refractivity contribution < 1.29 is 70.5 Å². The molecule has 8 amide bonds. The first-order chi connectivity index (χ1) is 43.9. The van der Waals surface area contributed by atoms with Gasteiger partial charge in [-0.15, -0.1) is 0 Å². The van der Waals surface area contributed by atoms with Crippen LogP contribution in [0.2, 0.25) is 0 Å². The molecule has 0 radical (unpaired) electrons. The number of para-hydroxylation sites is 1. The van der Waals surface area contributed by atoms with E-state index in [-0.39, 0.29) is 73.9 Å². The van der Waals surface area contributed by atoms with Crippen molar-refractivity contribution in [1.82, 2.24) is 35.1 Å². The third kappa shape index (κ3) is 16.4. The summed E-state index contributed by atoms with van der Waals surface area (Å²) >= 11 is 0. The second-order valence-corrected chi connectivity index (χ2v) is 27.3. The Hall–Kier alpha value is -8.13. The highest BCUT2D eigenvalue weighted by Crippen LogP contribution is 2.43. The van der Waals surface area contributed by atoms with Gasteiger partial charge in [0.25, 0.3) is 5.91 Å². The van der Waals surface area contributed by atoms with Crippen LogP contribution in [-0.4, -0.2) is 193 Å². The molecule has 502 valence electrons. The summed E-state index contributed by atoms with van der Waals surface area (Å²) in [5.41, 5.74) is -0.379. The van der Waals surface area contributed by atoms with Gasteiger partial charge in [0.15, 0.2) is 0 Å². The van der Waals surface area contributed by atoms with Gasteiger partial charge in [-0.2, -0.15) is 0 Å². The molecule has 4 N–H and O–H groups in total. The summed E-state index contributed by atoms with van der Waals surface area (Å²) in [5, 5.41) is 10.7. The minimum atomic E-state index is -1.57. The van der Waals surface area contributed by atoms with Gasteiger partial charge in [-0.3, -0.25) is 43.5 Å². The molecule has 3 saturated heterocycles. The number of carbonyl (C=O) groups is 8. The van der Waals surface area contributed by atoms with Crippen LogP contribution in [0.4, 0.5) is 39.8 Å². The normalized spacial score (nSPS) is 21.8. The number of nitrogens with zero attached hydrogens (tertiary/aromatic N) is 6. The van der Waals surface area contributed by atoms with Crippen LogP contribution in [-0.2, 0) is 66.1 Å². The average Bonchev–Trinajstić information content (AvgIpc) is 1.61. The summed E-state index contributed by atoms with van der Waals surface area (Å²) in [6.07, 6.45) is -0.153. The highest BCUT2D eigenvalue weighted by Gasteiger charge is 2.49. The molecular weight excluding hydrogens is 1210 g/mol. The quantitative estimate of drug-likeness (QED) is 0.0813. The summed E-state index contributed by atoms with van der Waals surface area (Å²) in [4.78, 5) is 125. The second-order valence-electron chi connectivity index (χ2n) is 27.3. The molecule has 5 heterocycles. The fraction of sp³-hybridized carbons (Fsp3) is 0.529. The van der Waals surface area contributed by atoms with E-state index < -0.39 is 106 Å².